The molecule has 0 amide bonds. The van der Waals surface area contributed by atoms with Crippen molar-refractivity contribution in [3.8, 4) is 0 Å². The standard InChI is InChI=1S/C19H31NO/c1-5-15(12-13-20)8-11-18(21)14-16-6-9-17(10-7-16)19(2,3)4/h6-7,9-10,15H,5,8,11-14,20H2,1-4H3. The molecule has 1 unspecified atom stereocenters. The molecule has 2 N–H and O–H groups in total. The second-order valence-corrected chi connectivity index (χ2v) is 7.05. The zero-order valence-electron chi connectivity index (χ0n) is 14.1. The summed E-state index contributed by atoms with van der Waals surface area (Å²) < 4.78 is 0. The highest BCUT2D eigenvalue weighted by molar-refractivity contribution is 5.80. The quantitative estimate of drug-likeness (QED) is 0.777. The Kier molecular flexibility index (Phi) is 7.10. The van der Waals surface area contributed by atoms with Crippen molar-refractivity contribution >= 4 is 5.78 Å². The van der Waals surface area contributed by atoms with Gasteiger partial charge in [0.1, 0.15) is 5.78 Å². The normalized spacial score (nSPS) is 13.2. The third-order valence-corrected chi connectivity index (χ3v) is 4.20. The Hall–Kier alpha value is -1.15. The van der Waals surface area contributed by atoms with Crippen LogP contribution in [0.4, 0.5) is 0 Å². The predicted molar refractivity (Wildman–Crippen MR) is 90.5 cm³/mol. The highest BCUT2D eigenvalue weighted by Crippen LogP contribution is 2.22. The van der Waals surface area contributed by atoms with Crippen molar-refractivity contribution in [2.45, 2.75) is 65.2 Å². The van der Waals surface area contributed by atoms with E-state index in [0.29, 0.717) is 24.5 Å². The van der Waals surface area contributed by atoms with Gasteiger partial charge >= 0.3 is 0 Å². The van der Waals surface area contributed by atoms with Gasteiger partial charge in [-0.05, 0) is 41.8 Å². The maximum Gasteiger partial charge on any atom is 0.137 e. The fourth-order valence-electron chi connectivity index (χ4n) is 2.59. The maximum absolute atomic E-state index is 12.1. The van der Waals surface area contributed by atoms with Crippen LogP contribution in [0.25, 0.3) is 0 Å². The molecule has 2 heteroatoms. The van der Waals surface area contributed by atoms with Crippen molar-refractivity contribution in [3.63, 3.8) is 0 Å². The molecule has 1 atom stereocenters. The molecular weight excluding hydrogens is 258 g/mol. The smallest absolute Gasteiger partial charge is 0.137 e. The number of Topliss-reactive ketones (excluding diaryl/α,β-unsaturated/α-hetero) is 1. The summed E-state index contributed by atoms with van der Waals surface area (Å²) in [6.07, 6.45) is 4.37. The molecule has 0 aromatic heterocycles. The van der Waals surface area contributed by atoms with E-state index in [4.69, 9.17) is 5.73 Å². The van der Waals surface area contributed by atoms with Crippen molar-refractivity contribution in [2.75, 3.05) is 6.54 Å². The lowest BCUT2D eigenvalue weighted by Gasteiger charge is -2.19. The Morgan fingerprint density at radius 2 is 1.76 bits per heavy atom. The minimum absolute atomic E-state index is 0.166. The fourth-order valence-corrected chi connectivity index (χ4v) is 2.59. The van der Waals surface area contributed by atoms with Crippen LogP contribution in [0.1, 0.15) is 64.5 Å². The van der Waals surface area contributed by atoms with Crippen LogP contribution < -0.4 is 5.73 Å². The van der Waals surface area contributed by atoms with Crippen LogP contribution in [0, 0.1) is 5.92 Å². The Morgan fingerprint density at radius 1 is 1.14 bits per heavy atom. The monoisotopic (exact) mass is 289 g/mol. The number of benzene rings is 1. The molecule has 1 aromatic rings. The van der Waals surface area contributed by atoms with Crippen molar-refractivity contribution in [1.82, 2.24) is 0 Å². The van der Waals surface area contributed by atoms with Crippen LogP contribution in [0.15, 0.2) is 24.3 Å². The lowest BCUT2D eigenvalue weighted by Crippen LogP contribution is -2.12. The summed E-state index contributed by atoms with van der Waals surface area (Å²) in [5, 5.41) is 0. The van der Waals surface area contributed by atoms with Crippen molar-refractivity contribution in [1.29, 1.82) is 0 Å². The maximum atomic E-state index is 12.1. The van der Waals surface area contributed by atoms with Gasteiger partial charge in [-0.3, -0.25) is 4.79 Å². The lowest BCUT2D eigenvalue weighted by molar-refractivity contribution is -0.118. The molecule has 0 aliphatic rings. The van der Waals surface area contributed by atoms with Crippen molar-refractivity contribution in [2.24, 2.45) is 11.7 Å². The molecule has 21 heavy (non-hydrogen) atoms. The van der Waals surface area contributed by atoms with Gasteiger partial charge in [-0.15, -0.1) is 0 Å². The number of hydrogen-bond acceptors (Lipinski definition) is 2. The molecule has 118 valence electrons. The van der Waals surface area contributed by atoms with Gasteiger partial charge in [-0.1, -0.05) is 58.4 Å². The number of nitrogens with two attached hydrogens (primary N) is 1. The summed E-state index contributed by atoms with van der Waals surface area (Å²) in [6.45, 7) is 9.51. The van der Waals surface area contributed by atoms with E-state index in [-0.39, 0.29) is 5.41 Å². The molecule has 1 aromatic carbocycles. The van der Waals surface area contributed by atoms with Gasteiger partial charge in [0.25, 0.3) is 0 Å². The van der Waals surface area contributed by atoms with E-state index in [2.05, 4.69) is 52.0 Å². The van der Waals surface area contributed by atoms with E-state index < -0.39 is 0 Å². The molecular formula is C19H31NO. The molecule has 1 rings (SSSR count). The Bertz CT molecular complexity index is 428. The second-order valence-electron chi connectivity index (χ2n) is 7.05. The molecule has 0 heterocycles. The second kappa shape index (κ2) is 8.33. The zero-order chi connectivity index (χ0) is 15.9. The molecule has 0 bridgehead atoms. The Labute approximate surface area is 130 Å². The third kappa shape index (κ3) is 6.43. The Morgan fingerprint density at radius 3 is 2.24 bits per heavy atom. The van der Waals surface area contributed by atoms with Gasteiger partial charge in [-0.25, -0.2) is 0 Å². The Balaban J connectivity index is 2.48. The minimum atomic E-state index is 0.166. The van der Waals surface area contributed by atoms with Crippen LogP contribution in [0.3, 0.4) is 0 Å². The van der Waals surface area contributed by atoms with Crippen LogP contribution in [-0.2, 0) is 16.6 Å². The fraction of sp³-hybridized carbons (Fsp3) is 0.632. The summed E-state index contributed by atoms with van der Waals surface area (Å²) in [6, 6.07) is 8.48. The molecule has 0 aliphatic heterocycles. The molecule has 0 spiro atoms. The topological polar surface area (TPSA) is 43.1 Å². The highest BCUT2D eigenvalue weighted by Gasteiger charge is 2.14. The summed E-state index contributed by atoms with van der Waals surface area (Å²) in [5.41, 5.74) is 8.20. The average molecular weight is 289 g/mol. The first kappa shape index (κ1) is 17.9. The largest absolute Gasteiger partial charge is 0.330 e. The molecule has 0 saturated heterocycles. The van der Waals surface area contributed by atoms with Gasteiger partial charge in [0.15, 0.2) is 0 Å². The first-order valence-electron chi connectivity index (χ1n) is 8.18. The van der Waals surface area contributed by atoms with E-state index in [9.17, 15) is 4.79 Å². The van der Waals surface area contributed by atoms with Gasteiger partial charge in [-0.2, -0.15) is 0 Å². The van der Waals surface area contributed by atoms with Crippen molar-refractivity contribution < 1.29 is 4.79 Å². The van der Waals surface area contributed by atoms with Gasteiger partial charge in [0.2, 0.25) is 0 Å². The molecule has 0 radical (unpaired) electrons. The first-order valence-corrected chi connectivity index (χ1v) is 8.18. The summed E-state index contributed by atoms with van der Waals surface area (Å²) in [5.74, 6) is 0.941. The summed E-state index contributed by atoms with van der Waals surface area (Å²) in [7, 11) is 0. The molecule has 0 saturated carbocycles. The number of carbonyl (C=O) groups is 1. The first-order chi connectivity index (χ1) is 9.86. The van der Waals surface area contributed by atoms with E-state index >= 15 is 0 Å². The van der Waals surface area contributed by atoms with Crippen LogP contribution >= 0.6 is 0 Å². The average Bonchev–Trinajstić information content (AvgIpc) is 2.43. The zero-order valence-corrected chi connectivity index (χ0v) is 14.1. The summed E-state index contributed by atoms with van der Waals surface area (Å²) >= 11 is 0. The van der Waals surface area contributed by atoms with E-state index in [1.807, 2.05) is 0 Å². The lowest BCUT2D eigenvalue weighted by atomic mass is 9.86. The molecule has 2 nitrogen and oxygen atoms in total. The molecule has 0 aliphatic carbocycles. The van der Waals surface area contributed by atoms with E-state index in [0.717, 1.165) is 31.4 Å². The van der Waals surface area contributed by atoms with E-state index in [1.165, 1.54) is 5.56 Å². The van der Waals surface area contributed by atoms with Crippen LogP contribution in [-0.4, -0.2) is 12.3 Å². The predicted octanol–water partition coefficient (Wildman–Crippen LogP) is 4.25. The number of hydrogen-bond donors (Lipinski definition) is 1. The number of ketones is 1. The van der Waals surface area contributed by atoms with Crippen LogP contribution in [0.2, 0.25) is 0 Å². The van der Waals surface area contributed by atoms with E-state index in [1.54, 1.807) is 0 Å². The number of rotatable bonds is 8. The summed E-state index contributed by atoms with van der Waals surface area (Å²) in [4.78, 5) is 12.1. The van der Waals surface area contributed by atoms with Gasteiger partial charge < -0.3 is 5.73 Å². The van der Waals surface area contributed by atoms with Gasteiger partial charge in [0, 0.05) is 12.8 Å². The highest BCUT2D eigenvalue weighted by atomic mass is 16.1. The number of carbonyl (C=O) groups excluding carboxylic acids is 1. The molecule has 0 fully saturated rings. The minimum Gasteiger partial charge on any atom is -0.330 e. The third-order valence-electron chi connectivity index (χ3n) is 4.20. The van der Waals surface area contributed by atoms with Gasteiger partial charge in [0.05, 0.1) is 0 Å². The van der Waals surface area contributed by atoms with Crippen molar-refractivity contribution in [3.05, 3.63) is 35.4 Å². The van der Waals surface area contributed by atoms with Crippen LogP contribution in [0.5, 0.6) is 0 Å². The SMILES string of the molecule is CCC(CCN)CCC(=O)Cc1ccc(C(C)(C)C)cc1.